The number of rotatable bonds is 8. The van der Waals surface area contributed by atoms with Crippen LogP contribution in [0.5, 0.6) is 0 Å². The predicted octanol–water partition coefficient (Wildman–Crippen LogP) is 0.886. The molecule has 1 aliphatic heterocycles. The highest BCUT2D eigenvalue weighted by Crippen LogP contribution is 2.07. The molecule has 1 N–H and O–H groups in total. The van der Waals surface area contributed by atoms with Gasteiger partial charge in [-0.15, -0.1) is 0 Å². The van der Waals surface area contributed by atoms with E-state index in [1.165, 1.54) is 0 Å². The van der Waals surface area contributed by atoms with Gasteiger partial charge in [0.05, 0.1) is 25.7 Å². The molecule has 1 unspecified atom stereocenters. The molecule has 19 heavy (non-hydrogen) atoms. The summed E-state index contributed by atoms with van der Waals surface area (Å²) in [6.45, 7) is 12.1. The number of esters is 1. The van der Waals surface area contributed by atoms with Crippen molar-refractivity contribution in [2.75, 3.05) is 45.9 Å². The Morgan fingerprint density at radius 3 is 3.00 bits per heavy atom. The highest BCUT2D eigenvalue weighted by molar-refractivity contribution is 5.69. The lowest BCUT2D eigenvalue weighted by atomic mass is 10.2. The molecular weight excluding hydrogens is 244 g/mol. The van der Waals surface area contributed by atoms with E-state index in [0.29, 0.717) is 25.5 Å². The molecule has 1 heterocycles. The Balaban J connectivity index is 2.10. The maximum absolute atomic E-state index is 11.2. The van der Waals surface area contributed by atoms with Crippen molar-refractivity contribution in [1.82, 2.24) is 10.2 Å². The number of ether oxygens (including phenoxy) is 2. The first-order valence-corrected chi connectivity index (χ1v) is 7.32. The summed E-state index contributed by atoms with van der Waals surface area (Å²) in [5, 5.41) is 3.27. The van der Waals surface area contributed by atoms with Gasteiger partial charge in [-0.1, -0.05) is 13.8 Å². The van der Waals surface area contributed by atoms with Crippen molar-refractivity contribution in [3.63, 3.8) is 0 Å². The Morgan fingerprint density at radius 2 is 2.32 bits per heavy atom. The minimum absolute atomic E-state index is 0.138. The zero-order valence-electron chi connectivity index (χ0n) is 12.5. The van der Waals surface area contributed by atoms with Crippen LogP contribution in [0.2, 0.25) is 0 Å². The Morgan fingerprint density at radius 1 is 1.53 bits per heavy atom. The summed E-state index contributed by atoms with van der Waals surface area (Å²) >= 11 is 0. The van der Waals surface area contributed by atoms with Gasteiger partial charge >= 0.3 is 5.97 Å². The van der Waals surface area contributed by atoms with Crippen molar-refractivity contribution in [3.8, 4) is 0 Å². The molecule has 1 atom stereocenters. The van der Waals surface area contributed by atoms with E-state index < -0.39 is 0 Å². The Bertz CT molecular complexity index is 259. The van der Waals surface area contributed by atoms with E-state index in [4.69, 9.17) is 9.47 Å². The van der Waals surface area contributed by atoms with Gasteiger partial charge < -0.3 is 14.8 Å². The summed E-state index contributed by atoms with van der Waals surface area (Å²) in [7, 11) is 0. The van der Waals surface area contributed by atoms with Gasteiger partial charge in [-0.3, -0.25) is 9.69 Å². The number of nitrogens with zero attached hydrogens (tertiary/aromatic N) is 1. The molecule has 0 radical (unpaired) electrons. The largest absolute Gasteiger partial charge is 0.466 e. The first-order chi connectivity index (χ1) is 9.11. The molecule has 0 amide bonds. The highest BCUT2D eigenvalue weighted by Gasteiger charge is 2.20. The van der Waals surface area contributed by atoms with Gasteiger partial charge in [0.2, 0.25) is 0 Å². The molecule has 5 nitrogen and oxygen atoms in total. The second kappa shape index (κ2) is 9.28. The van der Waals surface area contributed by atoms with E-state index in [1.807, 2.05) is 6.92 Å². The first kappa shape index (κ1) is 16.4. The number of carbonyl (C=O) groups is 1. The number of carbonyl (C=O) groups excluding carboxylic acids is 1. The van der Waals surface area contributed by atoms with Gasteiger partial charge in [0, 0.05) is 32.7 Å². The van der Waals surface area contributed by atoms with Crippen LogP contribution >= 0.6 is 0 Å². The van der Waals surface area contributed by atoms with E-state index in [0.717, 1.165) is 32.8 Å². The molecule has 1 rings (SSSR count). The highest BCUT2D eigenvalue weighted by atomic mass is 16.5. The van der Waals surface area contributed by atoms with E-state index in [2.05, 4.69) is 24.1 Å². The third-order valence-electron chi connectivity index (χ3n) is 3.03. The van der Waals surface area contributed by atoms with Crippen LogP contribution in [0.25, 0.3) is 0 Å². The molecule has 0 aromatic heterocycles. The quantitative estimate of drug-likeness (QED) is 0.525. The van der Waals surface area contributed by atoms with Crippen LogP contribution in [0, 0.1) is 5.92 Å². The average molecular weight is 272 g/mol. The lowest BCUT2D eigenvalue weighted by Gasteiger charge is -2.34. The zero-order chi connectivity index (χ0) is 14.1. The van der Waals surface area contributed by atoms with Crippen LogP contribution in [0.1, 0.15) is 27.2 Å². The van der Waals surface area contributed by atoms with E-state index in [1.54, 1.807) is 0 Å². The molecule has 5 heteroatoms. The Labute approximate surface area is 116 Å². The van der Waals surface area contributed by atoms with E-state index in [-0.39, 0.29) is 12.1 Å². The van der Waals surface area contributed by atoms with Crippen molar-refractivity contribution >= 4 is 5.97 Å². The molecular formula is C14H28N2O3. The summed E-state index contributed by atoms with van der Waals surface area (Å²) < 4.78 is 10.6. The van der Waals surface area contributed by atoms with Crippen LogP contribution in [-0.2, 0) is 14.3 Å². The lowest BCUT2D eigenvalue weighted by Crippen LogP contribution is -2.47. The Hall–Kier alpha value is -0.650. The summed E-state index contributed by atoms with van der Waals surface area (Å²) in [5.41, 5.74) is 0. The van der Waals surface area contributed by atoms with Crippen molar-refractivity contribution in [2.24, 2.45) is 5.92 Å². The fourth-order valence-electron chi connectivity index (χ4n) is 2.27. The Kier molecular flexibility index (Phi) is 8.02. The second-order valence-corrected chi connectivity index (χ2v) is 5.41. The maximum Gasteiger partial charge on any atom is 0.307 e. The third kappa shape index (κ3) is 7.50. The fraction of sp³-hybridized carbons (Fsp3) is 0.929. The number of hydrogen-bond acceptors (Lipinski definition) is 5. The average Bonchev–Trinajstić information content (AvgIpc) is 2.35. The minimum Gasteiger partial charge on any atom is -0.466 e. The van der Waals surface area contributed by atoms with Crippen LogP contribution in [-0.4, -0.2) is 62.9 Å². The maximum atomic E-state index is 11.2. The fourth-order valence-corrected chi connectivity index (χ4v) is 2.27. The topological polar surface area (TPSA) is 50.8 Å². The zero-order valence-corrected chi connectivity index (χ0v) is 12.5. The summed E-state index contributed by atoms with van der Waals surface area (Å²) in [4.78, 5) is 13.6. The molecule has 1 aliphatic rings. The van der Waals surface area contributed by atoms with Crippen LogP contribution in [0.15, 0.2) is 0 Å². The van der Waals surface area contributed by atoms with Gasteiger partial charge in [-0.05, 0) is 12.8 Å². The number of hydrogen-bond donors (Lipinski definition) is 1. The standard InChI is InChI=1S/C14H28N2O3/c1-4-18-14(17)5-6-15-9-13-11-16(7-8-19-13)10-12(2)3/h12-13,15H,4-11H2,1-3H3. The van der Waals surface area contributed by atoms with Crippen LogP contribution < -0.4 is 5.32 Å². The minimum atomic E-state index is -0.138. The van der Waals surface area contributed by atoms with Gasteiger partial charge in [0.25, 0.3) is 0 Å². The smallest absolute Gasteiger partial charge is 0.307 e. The van der Waals surface area contributed by atoms with Crippen molar-refractivity contribution in [2.45, 2.75) is 33.3 Å². The second-order valence-electron chi connectivity index (χ2n) is 5.41. The summed E-state index contributed by atoms with van der Waals surface area (Å²) in [5.74, 6) is 0.552. The van der Waals surface area contributed by atoms with Gasteiger partial charge in [-0.2, -0.15) is 0 Å². The van der Waals surface area contributed by atoms with Crippen LogP contribution in [0.3, 0.4) is 0 Å². The van der Waals surface area contributed by atoms with Crippen LogP contribution in [0.4, 0.5) is 0 Å². The molecule has 0 aromatic carbocycles. The van der Waals surface area contributed by atoms with Crippen molar-refractivity contribution in [1.29, 1.82) is 0 Å². The predicted molar refractivity (Wildman–Crippen MR) is 75.1 cm³/mol. The third-order valence-corrected chi connectivity index (χ3v) is 3.03. The summed E-state index contributed by atoms with van der Waals surface area (Å²) in [6.07, 6.45) is 0.658. The van der Waals surface area contributed by atoms with Gasteiger partial charge in [0.1, 0.15) is 0 Å². The number of nitrogens with one attached hydrogen (secondary N) is 1. The van der Waals surface area contributed by atoms with Crippen molar-refractivity contribution in [3.05, 3.63) is 0 Å². The van der Waals surface area contributed by atoms with Gasteiger partial charge in [-0.25, -0.2) is 0 Å². The number of morpholine rings is 1. The molecule has 1 saturated heterocycles. The normalized spacial score (nSPS) is 20.7. The van der Waals surface area contributed by atoms with Crippen molar-refractivity contribution < 1.29 is 14.3 Å². The molecule has 0 spiro atoms. The van der Waals surface area contributed by atoms with E-state index in [9.17, 15) is 4.79 Å². The monoisotopic (exact) mass is 272 g/mol. The lowest BCUT2D eigenvalue weighted by molar-refractivity contribution is -0.143. The van der Waals surface area contributed by atoms with E-state index >= 15 is 0 Å². The summed E-state index contributed by atoms with van der Waals surface area (Å²) in [6, 6.07) is 0. The molecule has 0 saturated carbocycles. The molecule has 0 aromatic rings. The first-order valence-electron chi connectivity index (χ1n) is 7.32. The molecule has 1 fully saturated rings. The molecule has 112 valence electrons. The molecule has 0 bridgehead atoms. The SMILES string of the molecule is CCOC(=O)CCNCC1CN(CC(C)C)CCO1. The molecule has 0 aliphatic carbocycles. The van der Waals surface area contributed by atoms with Gasteiger partial charge in [0.15, 0.2) is 0 Å².